The molecule has 1 aliphatic heterocycles. The number of nitrogens with zero attached hydrogens (tertiary/aromatic N) is 4. The summed E-state index contributed by atoms with van der Waals surface area (Å²) in [4.78, 5) is 16.2. The second kappa shape index (κ2) is 7.75. The van der Waals surface area contributed by atoms with Crippen LogP contribution in [-0.4, -0.2) is 21.1 Å². The maximum Gasteiger partial charge on any atom is 0.220 e. The van der Waals surface area contributed by atoms with Gasteiger partial charge in [-0.3, -0.25) is 4.79 Å². The van der Waals surface area contributed by atoms with Gasteiger partial charge in [-0.05, 0) is 11.1 Å². The van der Waals surface area contributed by atoms with Gasteiger partial charge in [0.05, 0.1) is 6.33 Å². The zero-order valence-corrected chi connectivity index (χ0v) is 14.1. The van der Waals surface area contributed by atoms with Gasteiger partial charge >= 0.3 is 0 Å². The van der Waals surface area contributed by atoms with Crippen LogP contribution in [-0.2, 0) is 17.9 Å². The van der Waals surface area contributed by atoms with Crippen molar-refractivity contribution in [1.82, 2.24) is 14.9 Å². The molecule has 6 heteroatoms. The Morgan fingerprint density at radius 3 is 2.72 bits per heavy atom. The van der Waals surface area contributed by atoms with Gasteiger partial charge in [-0.25, -0.2) is 4.98 Å². The molecule has 0 aliphatic carbocycles. The highest BCUT2D eigenvalue weighted by atomic mass is 16.1. The average molecular weight is 335 g/mol. The quantitative estimate of drug-likeness (QED) is 0.716. The summed E-state index contributed by atoms with van der Waals surface area (Å²) in [5.41, 5.74) is 1.87. The lowest BCUT2D eigenvalue weighted by Crippen LogP contribution is -2.25. The van der Waals surface area contributed by atoms with Gasteiger partial charge in [0.25, 0.3) is 0 Å². The third-order valence-electron chi connectivity index (χ3n) is 4.31. The number of rotatable bonds is 9. The van der Waals surface area contributed by atoms with Gasteiger partial charge in [0, 0.05) is 51.2 Å². The predicted molar refractivity (Wildman–Crippen MR) is 94.5 cm³/mol. The highest BCUT2D eigenvalue weighted by molar-refractivity contribution is 5.76. The SMILES string of the molecule is C#CCCC1(CCC(=O)NCc2ccccc2Cn2ccnc2)N=N1. The Morgan fingerprint density at radius 1 is 1.24 bits per heavy atom. The smallest absolute Gasteiger partial charge is 0.220 e. The van der Waals surface area contributed by atoms with Crippen LogP contribution in [0.25, 0.3) is 0 Å². The number of carbonyl (C=O) groups is 1. The maximum absolute atomic E-state index is 12.1. The van der Waals surface area contributed by atoms with Gasteiger partial charge in [-0.2, -0.15) is 10.2 Å². The summed E-state index contributed by atoms with van der Waals surface area (Å²) < 4.78 is 2.01. The summed E-state index contributed by atoms with van der Waals surface area (Å²) in [5, 5.41) is 11.1. The molecule has 25 heavy (non-hydrogen) atoms. The Hall–Kier alpha value is -2.94. The number of amides is 1. The lowest BCUT2D eigenvalue weighted by molar-refractivity contribution is -0.121. The van der Waals surface area contributed by atoms with Crippen molar-refractivity contribution in [3.05, 3.63) is 54.1 Å². The molecule has 1 aliphatic rings. The van der Waals surface area contributed by atoms with Gasteiger partial charge in [0.2, 0.25) is 5.91 Å². The van der Waals surface area contributed by atoms with E-state index in [1.54, 1.807) is 12.5 Å². The number of hydrogen-bond acceptors (Lipinski definition) is 4. The first kappa shape index (κ1) is 16.9. The summed E-state index contributed by atoms with van der Waals surface area (Å²) in [6, 6.07) is 8.09. The molecular formula is C19H21N5O. The molecule has 2 aromatic rings. The van der Waals surface area contributed by atoms with E-state index in [1.807, 2.05) is 29.0 Å². The standard InChI is InChI=1S/C19H21N5O/c1-2-3-9-19(22-23-19)10-8-18(25)21-13-16-6-4-5-7-17(16)14-24-12-11-20-15-24/h1,4-7,11-12,15H,3,8-10,13-14H2,(H,21,25). The van der Waals surface area contributed by atoms with Crippen LogP contribution in [0, 0.1) is 12.3 Å². The number of hydrogen-bond donors (Lipinski definition) is 1. The maximum atomic E-state index is 12.1. The zero-order chi connectivity index (χ0) is 17.5. The van der Waals surface area contributed by atoms with E-state index in [-0.39, 0.29) is 5.91 Å². The molecule has 0 unspecified atom stereocenters. The van der Waals surface area contributed by atoms with E-state index in [2.05, 4.69) is 32.5 Å². The highest BCUT2D eigenvalue weighted by Gasteiger charge is 2.39. The van der Waals surface area contributed by atoms with Crippen LogP contribution in [0.4, 0.5) is 0 Å². The van der Waals surface area contributed by atoms with Crippen molar-refractivity contribution in [3.8, 4) is 12.3 Å². The summed E-state index contributed by atoms with van der Waals surface area (Å²) in [7, 11) is 0. The van der Waals surface area contributed by atoms with Crippen LogP contribution < -0.4 is 5.32 Å². The first-order valence-electron chi connectivity index (χ1n) is 8.37. The van der Waals surface area contributed by atoms with Gasteiger partial charge in [-0.15, -0.1) is 12.3 Å². The Balaban J connectivity index is 1.48. The molecule has 0 saturated carbocycles. The van der Waals surface area contributed by atoms with Crippen LogP contribution in [0.1, 0.15) is 36.8 Å². The fourth-order valence-corrected chi connectivity index (χ4v) is 2.73. The number of aromatic nitrogens is 2. The van der Waals surface area contributed by atoms with Gasteiger partial charge in [0.15, 0.2) is 5.66 Å². The van der Waals surface area contributed by atoms with Crippen molar-refractivity contribution in [3.63, 3.8) is 0 Å². The fourth-order valence-electron chi connectivity index (χ4n) is 2.73. The second-order valence-corrected chi connectivity index (χ2v) is 6.17. The monoisotopic (exact) mass is 335 g/mol. The molecule has 1 amide bonds. The summed E-state index contributed by atoms with van der Waals surface area (Å²) in [5.74, 6) is 2.60. The van der Waals surface area contributed by atoms with Crippen LogP contribution in [0.2, 0.25) is 0 Å². The van der Waals surface area contributed by atoms with Crippen LogP contribution in [0.3, 0.4) is 0 Å². The molecular weight excluding hydrogens is 314 g/mol. The third-order valence-corrected chi connectivity index (χ3v) is 4.31. The van der Waals surface area contributed by atoms with Crippen LogP contribution in [0.15, 0.2) is 53.2 Å². The van der Waals surface area contributed by atoms with Crippen molar-refractivity contribution < 1.29 is 4.79 Å². The van der Waals surface area contributed by atoms with E-state index in [4.69, 9.17) is 6.42 Å². The van der Waals surface area contributed by atoms with E-state index in [0.29, 0.717) is 25.8 Å². The van der Waals surface area contributed by atoms with Crippen molar-refractivity contribution in [2.24, 2.45) is 10.2 Å². The fraction of sp³-hybridized carbons (Fsp3) is 0.368. The molecule has 0 fully saturated rings. The van der Waals surface area contributed by atoms with E-state index in [9.17, 15) is 4.79 Å². The minimum Gasteiger partial charge on any atom is -0.352 e. The van der Waals surface area contributed by atoms with E-state index < -0.39 is 5.66 Å². The molecule has 2 heterocycles. The van der Waals surface area contributed by atoms with E-state index >= 15 is 0 Å². The Kier molecular flexibility index (Phi) is 5.24. The molecule has 0 saturated heterocycles. The normalized spacial score (nSPS) is 14.0. The molecule has 3 rings (SSSR count). The van der Waals surface area contributed by atoms with Gasteiger partial charge in [0.1, 0.15) is 0 Å². The molecule has 1 N–H and O–H groups in total. The first-order chi connectivity index (χ1) is 12.2. The van der Waals surface area contributed by atoms with Crippen molar-refractivity contribution >= 4 is 5.91 Å². The van der Waals surface area contributed by atoms with Crippen LogP contribution >= 0.6 is 0 Å². The molecule has 0 spiro atoms. The Morgan fingerprint density at radius 2 is 2.04 bits per heavy atom. The topological polar surface area (TPSA) is 71.6 Å². The molecule has 1 aromatic heterocycles. The number of imidazole rings is 1. The Bertz CT molecular complexity index is 782. The molecule has 1 aromatic carbocycles. The predicted octanol–water partition coefficient (Wildman–Crippen LogP) is 2.90. The van der Waals surface area contributed by atoms with Crippen LogP contribution in [0.5, 0.6) is 0 Å². The Labute approximate surface area is 147 Å². The number of benzene rings is 1. The summed E-state index contributed by atoms with van der Waals surface area (Å²) >= 11 is 0. The highest BCUT2D eigenvalue weighted by Crippen LogP contribution is 2.37. The van der Waals surface area contributed by atoms with Crippen molar-refractivity contribution in [2.45, 2.75) is 44.4 Å². The van der Waals surface area contributed by atoms with E-state index in [1.165, 1.54) is 5.56 Å². The van der Waals surface area contributed by atoms with Crippen molar-refractivity contribution in [1.29, 1.82) is 0 Å². The van der Waals surface area contributed by atoms with E-state index in [0.717, 1.165) is 18.5 Å². The summed E-state index contributed by atoms with van der Waals surface area (Å²) in [6.45, 7) is 1.24. The summed E-state index contributed by atoms with van der Waals surface area (Å²) in [6.07, 6.45) is 13.1. The van der Waals surface area contributed by atoms with Crippen molar-refractivity contribution in [2.75, 3.05) is 0 Å². The first-order valence-corrected chi connectivity index (χ1v) is 8.37. The molecule has 128 valence electrons. The third kappa shape index (κ3) is 4.77. The largest absolute Gasteiger partial charge is 0.352 e. The second-order valence-electron chi connectivity index (χ2n) is 6.17. The van der Waals surface area contributed by atoms with Gasteiger partial charge < -0.3 is 9.88 Å². The molecule has 0 radical (unpaired) electrons. The lowest BCUT2D eigenvalue weighted by Gasteiger charge is -2.12. The zero-order valence-electron chi connectivity index (χ0n) is 14.1. The average Bonchev–Trinajstić information content (AvgIpc) is 3.22. The number of nitrogens with one attached hydrogen (secondary N) is 1. The molecule has 6 nitrogen and oxygen atoms in total. The molecule has 0 atom stereocenters. The minimum absolute atomic E-state index is 0.00909. The lowest BCUT2D eigenvalue weighted by atomic mass is 10.0. The minimum atomic E-state index is -0.400. The number of terminal acetylenes is 1. The number of carbonyl (C=O) groups excluding carboxylic acids is 1. The molecule has 0 bridgehead atoms. The van der Waals surface area contributed by atoms with Gasteiger partial charge in [-0.1, -0.05) is 24.3 Å².